The molecule has 5 rings (SSSR count). The standard InChI is InChI=1S/C23H31ClN2O2/c1-15-8-20(24)5-6-21(15)28-7-3-4-22(27)26-25-16(2)23-12-17-9-18(13-23)11-19(10-17)14-23/h5-6,8,17-19H,3-4,7,9-14H2,1-2H3,(H,26,27)/b25-16-. The summed E-state index contributed by atoms with van der Waals surface area (Å²) in [6, 6.07) is 5.57. The Labute approximate surface area is 173 Å². The average Bonchev–Trinajstić information content (AvgIpc) is 2.63. The highest BCUT2D eigenvalue weighted by molar-refractivity contribution is 6.30. The lowest BCUT2D eigenvalue weighted by Crippen LogP contribution is -2.49. The number of nitrogens with zero attached hydrogens (tertiary/aromatic N) is 1. The molecule has 0 saturated heterocycles. The number of ether oxygens (including phenoxy) is 1. The van der Waals surface area contributed by atoms with E-state index >= 15 is 0 Å². The first-order chi connectivity index (χ1) is 13.4. The molecule has 0 unspecified atom stereocenters. The number of carbonyl (C=O) groups is 1. The van der Waals surface area contributed by atoms with Gasteiger partial charge in [-0.05, 0) is 100 Å². The van der Waals surface area contributed by atoms with Gasteiger partial charge in [-0.15, -0.1) is 0 Å². The number of benzene rings is 1. The van der Waals surface area contributed by atoms with Crippen LogP contribution in [0.4, 0.5) is 0 Å². The summed E-state index contributed by atoms with van der Waals surface area (Å²) in [6.45, 7) is 4.60. The fourth-order valence-corrected chi connectivity index (χ4v) is 6.29. The van der Waals surface area contributed by atoms with Crippen LogP contribution in [0.15, 0.2) is 23.3 Å². The van der Waals surface area contributed by atoms with E-state index < -0.39 is 0 Å². The molecule has 5 heteroatoms. The van der Waals surface area contributed by atoms with Crippen molar-refractivity contribution < 1.29 is 9.53 Å². The van der Waals surface area contributed by atoms with Gasteiger partial charge in [0, 0.05) is 22.6 Å². The predicted octanol–water partition coefficient (Wildman–Crippen LogP) is 5.52. The number of amides is 1. The maximum Gasteiger partial charge on any atom is 0.240 e. The molecule has 4 fully saturated rings. The Balaban J connectivity index is 1.23. The zero-order valence-corrected chi connectivity index (χ0v) is 17.7. The Bertz CT molecular complexity index is 739. The van der Waals surface area contributed by atoms with Crippen LogP contribution in [0, 0.1) is 30.1 Å². The summed E-state index contributed by atoms with van der Waals surface area (Å²) in [6.07, 6.45) is 9.18. The third kappa shape index (κ3) is 4.22. The maximum atomic E-state index is 12.2. The van der Waals surface area contributed by atoms with Crippen LogP contribution in [0.25, 0.3) is 0 Å². The third-order valence-electron chi connectivity index (χ3n) is 7.10. The lowest BCUT2D eigenvalue weighted by molar-refractivity contribution is -0.121. The van der Waals surface area contributed by atoms with E-state index in [0.29, 0.717) is 24.5 Å². The van der Waals surface area contributed by atoms with Crippen LogP contribution in [-0.2, 0) is 4.79 Å². The van der Waals surface area contributed by atoms with Crippen LogP contribution in [0.3, 0.4) is 0 Å². The van der Waals surface area contributed by atoms with E-state index in [-0.39, 0.29) is 11.3 Å². The van der Waals surface area contributed by atoms with Crippen molar-refractivity contribution in [2.45, 2.75) is 65.2 Å². The summed E-state index contributed by atoms with van der Waals surface area (Å²) in [7, 11) is 0. The molecule has 0 atom stereocenters. The van der Waals surface area contributed by atoms with Gasteiger partial charge in [0.1, 0.15) is 5.75 Å². The van der Waals surface area contributed by atoms with E-state index in [1.165, 1.54) is 38.5 Å². The van der Waals surface area contributed by atoms with Crippen LogP contribution in [0.2, 0.25) is 5.02 Å². The normalized spacial score (nSPS) is 31.1. The number of aryl methyl sites for hydroxylation is 1. The minimum absolute atomic E-state index is 0.0273. The lowest BCUT2D eigenvalue weighted by Gasteiger charge is -2.56. The average molecular weight is 403 g/mol. The molecule has 28 heavy (non-hydrogen) atoms. The van der Waals surface area contributed by atoms with Gasteiger partial charge in [0.05, 0.1) is 6.61 Å². The molecule has 4 bridgehead atoms. The van der Waals surface area contributed by atoms with Crippen LogP contribution in [0.1, 0.15) is 63.9 Å². The van der Waals surface area contributed by atoms with Gasteiger partial charge in [-0.1, -0.05) is 11.6 Å². The van der Waals surface area contributed by atoms with Crippen LogP contribution >= 0.6 is 11.6 Å². The molecular weight excluding hydrogens is 372 g/mol. The van der Waals surface area contributed by atoms with Crippen molar-refractivity contribution in [3.05, 3.63) is 28.8 Å². The predicted molar refractivity (Wildman–Crippen MR) is 113 cm³/mol. The second-order valence-corrected chi connectivity index (χ2v) is 9.73. The summed E-state index contributed by atoms with van der Waals surface area (Å²) in [5.41, 5.74) is 5.22. The summed E-state index contributed by atoms with van der Waals surface area (Å²) in [5, 5.41) is 5.24. The van der Waals surface area contributed by atoms with Gasteiger partial charge in [-0.2, -0.15) is 5.10 Å². The number of carbonyl (C=O) groups excluding carboxylic acids is 1. The molecule has 4 aliphatic carbocycles. The molecule has 152 valence electrons. The largest absolute Gasteiger partial charge is 0.493 e. The molecular formula is C23H31ClN2O2. The van der Waals surface area contributed by atoms with E-state index in [9.17, 15) is 4.79 Å². The summed E-state index contributed by atoms with van der Waals surface area (Å²) in [5.74, 6) is 3.46. The molecule has 0 radical (unpaired) electrons. The second-order valence-electron chi connectivity index (χ2n) is 9.29. The van der Waals surface area contributed by atoms with Crippen molar-refractivity contribution >= 4 is 23.2 Å². The zero-order valence-electron chi connectivity index (χ0n) is 17.0. The molecule has 0 aliphatic heterocycles. The Morgan fingerprint density at radius 3 is 2.46 bits per heavy atom. The zero-order chi connectivity index (χ0) is 19.7. The number of nitrogens with one attached hydrogen (secondary N) is 1. The molecule has 0 aromatic heterocycles. The third-order valence-corrected chi connectivity index (χ3v) is 7.33. The van der Waals surface area contributed by atoms with Crippen LogP contribution in [0.5, 0.6) is 5.75 Å². The maximum absolute atomic E-state index is 12.2. The summed E-state index contributed by atoms with van der Waals surface area (Å²) < 4.78 is 5.76. The first kappa shape index (κ1) is 19.8. The summed E-state index contributed by atoms with van der Waals surface area (Å²) in [4.78, 5) is 12.2. The molecule has 1 amide bonds. The van der Waals surface area contributed by atoms with Crippen molar-refractivity contribution in [3.63, 3.8) is 0 Å². The fourth-order valence-electron chi connectivity index (χ4n) is 6.06. The van der Waals surface area contributed by atoms with Gasteiger partial charge in [0.25, 0.3) is 0 Å². The Morgan fingerprint density at radius 1 is 1.21 bits per heavy atom. The van der Waals surface area contributed by atoms with Crippen molar-refractivity contribution in [2.75, 3.05) is 6.61 Å². The summed E-state index contributed by atoms with van der Waals surface area (Å²) >= 11 is 5.96. The highest BCUT2D eigenvalue weighted by atomic mass is 35.5. The monoisotopic (exact) mass is 402 g/mol. The lowest BCUT2D eigenvalue weighted by atomic mass is 9.48. The van der Waals surface area contributed by atoms with Crippen LogP contribution in [-0.4, -0.2) is 18.2 Å². The van der Waals surface area contributed by atoms with Crippen molar-refractivity contribution in [1.29, 1.82) is 0 Å². The molecule has 1 aromatic rings. The van der Waals surface area contributed by atoms with Gasteiger partial charge in [-0.25, -0.2) is 5.43 Å². The minimum atomic E-state index is -0.0273. The molecule has 1 N–H and O–H groups in total. The molecule has 0 heterocycles. The van der Waals surface area contributed by atoms with Crippen LogP contribution < -0.4 is 10.2 Å². The van der Waals surface area contributed by atoms with Gasteiger partial charge in [0.15, 0.2) is 0 Å². The van der Waals surface area contributed by atoms with Crippen molar-refractivity contribution in [2.24, 2.45) is 28.3 Å². The SMILES string of the molecule is C/C(=N/NC(=O)CCCOc1ccc(Cl)cc1C)C12CC3CC(CC(C3)C1)C2. The van der Waals surface area contributed by atoms with E-state index in [1.54, 1.807) is 0 Å². The smallest absolute Gasteiger partial charge is 0.240 e. The molecule has 1 aromatic carbocycles. The van der Waals surface area contributed by atoms with Crippen molar-refractivity contribution in [1.82, 2.24) is 5.43 Å². The quantitative estimate of drug-likeness (QED) is 0.371. The molecule has 4 saturated carbocycles. The second kappa shape index (κ2) is 8.06. The number of halogens is 1. The van der Waals surface area contributed by atoms with Gasteiger partial charge in [0.2, 0.25) is 5.91 Å². The minimum Gasteiger partial charge on any atom is -0.493 e. The van der Waals surface area contributed by atoms with Gasteiger partial charge < -0.3 is 4.74 Å². The van der Waals surface area contributed by atoms with E-state index in [1.807, 2.05) is 25.1 Å². The fraction of sp³-hybridized carbons (Fsp3) is 0.652. The van der Waals surface area contributed by atoms with Gasteiger partial charge >= 0.3 is 0 Å². The molecule has 4 nitrogen and oxygen atoms in total. The van der Waals surface area contributed by atoms with Gasteiger partial charge in [-0.3, -0.25) is 4.79 Å². The topological polar surface area (TPSA) is 50.7 Å². The first-order valence-corrected chi connectivity index (χ1v) is 11.0. The molecule has 4 aliphatic rings. The number of rotatable bonds is 7. The first-order valence-electron chi connectivity index (χ1n) is 10.7. The Morgan fingerprint density at radius 2 is 1.86 bits per heavy atom. The number of hydrogen-bond donors (Lipinski definition) is 1. The van der Waals surface area contributed by atoms with E-state index in [4.69, 9.17) is 16.3 Å². The molecule has 0 spiro atoms. The number of hydrazone groups is 1. The highest BCUT2D eigenvalue weighted by Crippen LogP contribution is 2.60. The highest BCUT2D eigenvalue weighted by Gasteiger charge is 2.52. The number of hydrogen-bond acceptors (Lipinski definition) is 3. The van der Waals surface area contributed by atoms with E-state index in [0.717, 1.165) is 34.8 Å². The Kier molecular flexibility index (Phi) is 5.69. The van der Waals surface area contributed by atoms with Crippen molar-refractivity contribution in [3.8, 4) is 5.75 Å². The Hall–Kier alpha value is -1.55. The van der Waals surface area contributed by atoms with E-state index in [2.05, 4.69) is 17.5 Å².